The minimum atomic E-state index is -1.01. The number of primary amides is 1. The van der Waals surface area contributed by atoms with Gasteiger partial charge in [0.05, 0.1) is 56.4 Å². The summed E-state index contributed by atoms with van der Waals surface area (Å²) in [5.74, 6) is -0.963. The molecule has 0 unspecified atom stereocenters. The van der Waals surface area contributed by atoms with Gasteiger partial charge in [-0.05, 0) is 51.0 Å². The standard InChI is InChI=1S/C44H66N6O12S/c1-25-20-29-37(47-15-17-61-19-18-60-16-14-46-36(52)13-8-7-12-35-38-31(24-63-35)49-44(57)50-38)32(51)23-30(40(29)54)48-42(55)26(2)10-9-11-33(58-5)41(62-43(45)56)28(4)22-27(3)39(53)34(21-25)59-6/h9-11,15,22-23,25,27,31,33-35,38-39,41,51,53-54H,7-8,12-14,16-21,24H2,1-6H3,(H2,45,56)(H,46,52)(H,48,55)(H2,49,50,57)/t25-,27+,31+,33+,34+,35+,38+,39-,41+/m1/s1. The first-order valence-corrected chi connectivity index (χ1v) is 22.4. The number of unbranched alkanes of at least 4 members (excludes halogenated alkanes) is 1. The summed E-state index contributed by atoms with van der Waals surface area (Å²) >= 11 is 1.87. The molecular weight excluding hydrogens is 837 g/mol. The number of aliphatic hydroxyl groups excluding tert-OH is 1. The smallest absolute Gasteiger partial charge is 0.405 e. The van der Waals surface area contributed by atoms with E-state index in [1.54, 1.807) is 39.0 Å². The van der Waals surface area contributed by atoms with Crippen LogP contribution in [-0.2, 0) is 39.7 Å². The van der Waals surface area contributed by atoms with Crippen molar-refractivity contribution >= 4 is 53.3 Å². The Balaban J connectivity index is 1.33. The number of aromatic hydroxyl groups is 2. The lowest BCUT2D eigenvalue weighted by atomic mass is 9.87. The van der Waals surface area contributed by atoms with Crippen LogP contribution in [0.1, 0.15) is 65.4 Å². The van der Waals surface area contributed by atoms with Crippen LogP contribution < -0.4 is 27.0 Å². The average Bonchev–Trinajstić information content (AvgIpc) is 3.80. The molecule has 18 nitrogen and oxygen atoms in total. The highest BCUT2D eigenvalue weighted by Gasteiger charge is 2.42. The fourth-order valence-electron chi connectivity index (χ4n) is 7.85. The fraction of sp³-hybridized carbons (Fsp3) is 0.614. The highest BCUT2D eigenvalue weighted by Crippen LogP contribution is 2.44. The number of nitrogens with two attached hydrogens (primary N) is 1. The first-order valence-electron chi connectivity index (χ1n) is 21.4. The molecule has 350 valence electrons. The van der Waals surface area contributed by atoms with E-state index in [9.17, 15) is 34.5 Å². The predicted octanol–water partition coefficient (Wildman–Crippen LogP) is 4.14. The van der Waals surface area contributed by atoms with Gasteiger partial charge in [0.25, 0.3) is 5.91 Å². The van der Waals surface area contributed by atoms with Gasteiger partial charge in [0.1, 0.15) is 23.3 Å². The number of carbonyl (C=O) groups excluding carboxylic acids is 4. The van der Waals surface area contributed by atoms with Crippen LogP contribution in [0.25, 0.3) is 0 Å². The number of phenols is 2. The Morgan fingerprint density at radius 1 is 1.06 bits per heavy atom. The van der Waals surface area contributed by atoms with Gasteiger partial charge in [-0.3, -0.25) is 14.6 Å². The van der Waals surface area contributed by atoms with Crippen molar-refractivity contribution in [1.29, 1.82) is 0 Å². The topological polar surface area (TPSA) is 262 Å². The van der Waals surface area contributed by atoms with Crippen molar-refractivity contribution in [3.8, 4) is 11.5 Å². The van der Waals surface area contributed by atoms with Crippen molar-refractivity contribution in [2.24, 2.45) is 22.6 Å². The fourth-order valence-corrected chi connectivity index (χ4v) is 9.39. The number of rotatable bonds is 17. The number of ether oxygens (including phenoxy) is 5. The molecule has 2 bridgehead atoms. The van der Waals surface area contributed by atoms with Crippen LogP contribution in [0, 0.1) is 11.8 Å². The van der Waals surface area contributed by atoms with Gasteiger partial charge in [-0.2, -0.15) is 11.8 Å². The first-order chi connectivity index (χ1) is 30.1. The van der Waals surface area contributed by atoms with Crippen molar-refractivity contribution < 1.29 is 58.2 Å². The average molecular weight is 903 g/mol. The second-order valence-electron chi connectivity index (χ2n) is 16.2. The monoisotopic (exact) mass is 902 g/mol. The number of urea groups is 1. The Labute approximate surface area is 373 Å². The second kappa shape index (κ2) is 25.6. The number of methoxy groups -OCH3 is 2. The summed E-state index contributed by atoms with van der Waals surface area (Å²) in [5, 5.41) is 46.0. The lowest BCUT2D eigenvalue weighted by molar-refractivity contribution is -0.121. The summed E-state index contributed by atoms with van der Waals surface area (Å²) in [7, 11) is 2.92. The Kier molecular flexibility index (Phi) is 20.7. The van der Waals surface area contributed by atoms with Gasteiger partial charge in [-0.1, -0.05) is 44.6 Å². The third-order valence-corrected chi connectivity index (χ3v) is 12.7. The van der Waals surface area contributed by atoms with Gasteiger partial charge in [0.2, 0.25) is 5.91 Å². The number of thioether (sulfide) groups is 1. The van der Waals surface area contributed by atoms with Crippen LogP contribution in [0.3, 0.4) is 0 Å². The highest BCUT2D eigenvalue weighted by atomic mass is 32.2. The van der Waals surface area contributed by atoms with Gasteiger partial charge in [-0.25, -0.2) is 9.59 Å². The van der Waals surface area contributed by atoms with Crippen LogP contribution in [-0.4, -0.2) is 140 Å². The molecule has 4 rings (SSSR count). The number of amides is 5. The van der Waals surface area contributed by atoms with Crippen molar-refractivity contribution in [3.05, 3.63) is 47.1 Å². The molecule has 1 aromatic carbocycles. The number of carbonyl (C=O) groups is 4. The summed E-state index contributed by atoms with van der Waals surface area (Å²) in [6, 6.07) is 1.49. The van der Waals surface area contributed by atoms with E-state index in [4.69, 9.17) is 29.4 Å². The molecule has 2 saturated heterocycles. The van der Waals surface area contributed by atoms with Crippen LogP contribution in [0.2, 0.25) is 0 Å². The van der Waals surface area contributed by atoms with Gasteiger partial charge in [0, 0.05) is 67.5 Å². The molecule has 0 saturated carbocycles. The van der Waals surface area contributed by atoms with Gasteiger partial charge in [0.15, 0.2) is 6.10 Å². The van der Waals surface area contributed by atoms with E-state index in [2.05, 4.69) is 26.3 Å². The third kappa shape index (κ3) is 15.5. The largest absolute Gasteiger partial charge is 0.506 e. The van der Waals surface area contributed by atoms with E-state index in [1.807, 2.05) is 18.7 Å². The number of nitrogens with one attached hydrogen (secondary N) is 4. The number of hydrogen-bond acceptors (Lipinski definition) is 14. The van der Waals surface area contributed by atoms with Crippen LogP contribution in [0.15, 0.2) is 46.5 Å². The van der Waals surface area contributed by atoms with Crippen LogP contribution >= 0.6 is 11.8 Å². The van der Waals surface area contributed by atoms with E-state index < -0.39 is 42.3 Å². The van der Waals surface area contributed by atoms with E-state index in [1.165, 1.54) is 32.6 Å². The molecule has 0 aromatic heterocycles. The van der Waals surface area contributed by atoms with Gasteiger partial charge < -0.3 is 66.0 Å². The maximum atomic E-state index is 13.3. The predicted molar refractivity (Wildman–Crippen MR) is 241 cm³/mol. The number of aliphatic hydroxyl groups is 1. The molecule has 0 aliphatic carbocycles. The molecule has 3 aliphatic rings. The SMILES string of the molecule is CO[C@H]1C=CC=C(C)C(=O)Nc2cc(O)c(N=CCOCCOCCNC(=O)CCCC[C@@H]3SC[C@@H]4NC(=O)N[C@@H]43)c(c2O)C[C@@H](C)C[C@H](OC)[C@H](O)[C@@H](C)C=C(C)[C@@H]1OC(N)=O. The van der Waals surface area contributed by atoms with Crippen molar-refractivity contribution in [2.75, 3.05) is 58.3 Å². The molecule has 1 aromatic rings. The number of benzene rings is 1. The molecule has 63 heavy (non-hydrogen) atoms. The Hall–Kier alpha value is -4.66. The summed E-state index contributed by atoms with van der Waals surface area (Å²) in [5.41, 5.74) is 6.55. The number of anilines is 1. The third-order valence-electron chi connectivity index (χ3n) is 11.2. The number of nitrogens with zero attached hydrogens (tertiary/aromatic N) is 1. The van der Waals surface area contributed by atoms with E-state index in [-0.39, 0.29) is 90.2 Å². The first kappa shape index (κ1) is 51.0. The molecule has 0 spiro atoms. The Bertz CT molecular complexity index is 1840. The lowest BCUT2D eigenvalue weighted by Crippen LogP contribution is -2.37. The van der Waals surface area contributed by atoms with Crippen LogP contribution in [0.4, 0.5) is 21.0 Å². The van der Waals surface area contributed by atoms with E-state index in [0.717, 1.165) is 25.0 Å². The number of allylic oxidation sites excluding steroid dienone is 2. The summed E-state index contributed by atoms with van der Waals surface area (Å²) in [6.45, 7) is 8.27. The van der Waals surface area contributed by atoms with Gasteiger partial charge in [-0.15, -0.1) is 0 Å². The Morgan fingerprint density at radius 2 is 1.83 bits per heavy atom. The number of phenolic OH excluding ortho intramolecular Hbond substituents is 2. The zero-order chi connectivity index (χ0) is 46.1. The Morgan fingerprint density at radius 3 is 2.56 bits per heavy atom. The molecule has 3 heterocycles. The second-order valence-corrected chi connectivity index (χ2v) is 17.4. The summed E-state index contributed by atoms with van der Waals surface area (Å²) in [6.07, 6.45) is 7.05. The molecule has 3 aliphatic heterocycles. The molecule has 9 atom stereocenters. The van der Waals surface area contributed by atoms with E-state index in [0.29, 0.717) is 36.8 Å². The zero-order valence-corrected chi connectivity index (χ0v) is 37.9. The quantitative estimate of drug-likeness (QED) is 0.0274. The zero-order valence-electron chi connectivity index (χ0n) is 37.1. The summed E-state index contributed by atoms with van der Waals surface area (Å²) in [4.78, 5) is 53.4. The normalized spacial score (nSPS) is 26.9. The van der Waals surface area contributed by atoms with Gasteiger partial charge >= 0.3 is 12.1 Å². The maximum Gasteiger partial charge on any atom is 0.405 e. The number of fused-ring (bicyclic) bond motifs is 3. The minimum Gasteiger partial charge on any atom is -0.506 e. The maximum absolute atomic E-state index is 13.3. The summed E-state index contributed by atoms with van der Waals surface area (Å²) < 4.78 is 28.0. The number of aliphatic imine (C=N–C) groups is 1. The lowest BCUT2D eigenvalue weighted by Gasteiger charge is -2.29. The molecule has 5 amide bonds. The minimum absolute atomic E-state index is 0.0320. The van der Waals surface area contributed by atoms with Crippen molar-refractivity contribution in [1.82, 2.24) is 16.0 Å². The molecule has 19 heteroatoms. The molecule has 0 radical (unpaired) electrons. The number of hydrogen-bond donors (Lipinski definition) is 8. The molecule has 9 N–H and O–H groups in total. The molecule has 2 fully saturated rings. The van der Waals surface area contributed by atoms with Crippen LogP contribution in [0.5, 0.6) is 11.5 Å². The molecular formula is C44H66N6O12S. The van der Waals surface area contributed by atoms with Crippen molar-refractivity contribution in [3.63, 3.8) is 0 Å². The highest BCUT2D eigenvalue weighted by molar-refractivity contribution is 8.00. The van der Waals surface area contributed by atoms with E-state index >= 15 is 0 Å². The van der Waals surface area contributed by atoms with Crippen molar-refractivity contribution in [2.45, 2.75) is 108 Å².